The molecule has 1 aliphatic heterocycles. The standard InChI is InChI=1S/C17H24N2O5S/c1-17(15(20)21)8-10-19(13-17)16(22)18-9-12-25(23,24)11-7-14-5-3-2-4-6-14/h2-6H,7-13H2,1H3,(H,18,22)(H,20,21). The highest BCUT2D eigenvalue weighted by Crippen LogP contribution is 2.29. The molecule has 0 spiro atoms. The first kappa shape index (κ1) is 19.2. The van der Waals surface area contributed by atoms with E-state index in [1.807, 2.05) is 30.3 Å². The van der Waals surface area contributed by atoms with Crippen molar-refractivity contribution in [3.8, 4) is 0 Å². The van der Waals surface area contributed by atoms with Crippen molar-refractivity contribution in [1.29, 1.82) is 0 Å². The average Bonchev–Trinajstić information content (AvgIpc) is 2.98. The Kier molecular flexibility index (Phi) is 6.05. The minimum Gasteiger partial charge on any atom is -0.481 e. The Balaban J connectivity index is 1.74. The molecular weight excluding hydrogens is 344 g/mol. The van der Waals surface area contributed by atoms with Gasteiger partial charge in [0.15, 0.2) is 9.84 Å². The highest BCUT2D eigenvalue weighted by atomic mass is 32.2. The Hall–Kier alpha value is -2.09. The molecule has 8 heteroatoms. The van der Waals surface area contributed by atoms with Crippen LogP contribution in [0.4, 0.5) is 4.79 Å². The third kappa shape index (κ3) is 5.45. The maximum absolute atomic E-state index is 12.1. The molecule has 25 heavy (non-hydrogen) atoms. The Morgan fingerprint density at radius 1 is 1.24 bits per heavy atom. The van der Waals surface area contributed by atoms with Gasteiger partial charge < -0.3 is 15.3 Å². The molecule has 2 rings (SSSR count). The number of carbonyl (C=O) groups excluding carboxylic acids is 1. The van der Waals surface area contributed by atoms with Crippen LogP contribution in [0.3, 0.4) is 0 Å². The van der Waals surface area contributed by atoms with Gasteiger partial charge in [0.05, 0.1) is 16.9 Å². The van der Waals surface area contributed by atoms with Crippen LogP contribution in [-0.4, -0.2) is 61.6 Å². The zero-order chi connectivity index (χ0) is 18.5. The number of aliphatic carboxylic acids is 1. The number of urea groups is 1. The Morgan fingerprint density at radius 2 is 1.92 bits per heavy atom. The fraction of sp³-hybridized carbons (Fsp3) is 0.529. The quantitative estimate of drug-likeness (QED) is 0.751. The van der Waals surface area contributed by atoms with E-state index >= 15 is 0 Å². The molecule has 2 amide bonds. The molecular formula is C17H24N2O5S. The molecule has 1 atom stereocenters. The van der Waals surface area contributed by atoms with Gasteiger partial charge in [-0.2, -0.15) is 0 Å². The molecule has 0 aliphatic carbocycles. The molecule has 0 aromatic heterocycles. The molecule has 1 aliphatic rings. The number of carboxylic acids is 1. The van der Waals surface area contributed by atoms with E-state index in [0.717, 1.165) is 5.56 Å². The molecule has 1 heterocycles. The molecule has 138 valence electrons. The number of amides is 2. The van der Waals surface area contributed by atoms with E-state index in [9.17, 15) is 23.1 Å². The van der Waals surface area contributed by atoms with Gasteiger partial charge in [0.1, 0.15) is 0 Å². The van der Waals surface area contributed by atoms with E-state index in [1.165, 1.54) is 4.90 Å². The van der Waals surface area contributed by atoms with E-state index in [4.69, 9.17) is 0 Å². The van der Waals surface area contributed by atoms with Crippen molar-refractivity contribution in [2.24, 2.45) is 5.41 Å². The average molecular weight is 368 g/mol. The lowest BCUT2D eigenvalue weighted by molar-refractivity contribution is -0.147. The Labute approximate surface area is 147 Å². The maximum atomic E-state index is 12.1. The normalized spacial score (nSPS) is 20.4. The highest BCUT2D eigenvalue weighted by molar-refractivity contribution is 7.91. The number of nitrogens with zero attached hydrogens (tertiary/aromatic N) is 1. The maximum Gasteiger partial charge on any atom is 0.317 e. The molecule has 7 nitrogen and oxygen atoms in total. The minimum atomic E-state index is -3.26. The summed E-state index contributed by atoms with van der Waals surface area (Å²) in [6.07, 6.45) is 0.839. The van der Waals surface area contributed by atoms with Crippen molar-refractivity contribution in [2.45, 2.75) is 19.8 Å². The molecule has 1 aromatic carbocycles. The van der Waals surface area contributed by atoms with E-state index in [0.29, 0.717) is 19.4 Å². The SMILES string of the molecule is CC1(C(=O)O)CCN(C(=O)NCCS(=O)(=O)CCc2ccccc2)C1. The van der Waals surface area contributed by atoms with E-state index in [1.54, 1.807) is 6.92 Å². The van der Waals surface area contributed by atoms with Crippen molar-refractivity contribution >= 4 is 21.8 Å². The van der Waals surface area contributed by atoms with Gasteiger partial charge in [0.2, 0.25) is 0 Å². The number of hydrogen-bond acceptors (Lipinski definition) is 4. The predicted octanol–water partition coefficient (Wildman–Crippen LogP) is 1.15. The molecule has 2 N–H and O–H groups in total. The van der Waals surface area contributed by atoms with Crippen molar-refractivity contribution in [3.05, 3.63) is 35.9 Å². The summed E-state index contributed by atoms with van der Waals surface area (Å²) in [5.74, 6) is -1.02. The van der Waals surface area contributed by atoms with E-state index in [-0.39, 0.29) is 24.6 Å². The molecule has 1 fully saturated rings. The van der Waals surface area contributed by atoms with Gasteiger partial charge in [-0.3, -0.25) is 4.79 Å². The zero-order valence-electron chi connectivity index (χ0n) is 14.3. The number of aryl methyl sites for hydroxylation is 1. The second-order valence-corrected chi connectivity index (χ2v) is 8.96. The molecule has 0 radical (unpaired) electrons. The van der Waals surface area contributed by atoms with Crippen LogP contribution in [0.2, 0.25) is 0 Å². The smallest absolute Gasteiger partial charge is 0.317 e. The van der Waals surface area contributed by atoms with Crippen molar-refractivity contribution in [1.82, 2.24) is 10.2 Å². The third-order valence-corrected chi connectivity index (χ3v) is 6.16. The number of carbonyl (C=O) groups is 2. The first-order valence-electron chi connectivity index (χ1n) is 8.22. The summed E-state index contributed by atoms with van der Waals surface area (Å²) in [5.41, 5.74) is 0.0270. The second kappa shape index (κ2) is 7.86. The van der Waals surface area contributed by atoms with Gasteiger partial charge >= 0.3 is 12.0 Å². The van der Waals surface area contributed by atoms with Gasteiger partial charge in [0.25, 0.3) is 0 Å². The van der Waals surface area contributed by atoms with Crippen LogP contribution >= 0.6 is 0 Å². The number of sulfone groups is 1. The largest absolute Gasteiger partial charge is 0.481 e. The lowest BCUT2D eigenvalue weighted by atomic mass is 9.90. The summed E-state index contributed by atoms with van der Waals surface area (Å²) in [7, 11) is -3.26. The van der Waals surface area contributed by atoms with E-state index < -0.39 is 27.3 Å². The van der Waals surface area contributed by atoms with Crippen LogP contribution in [0, 0.1) is 5.41 Å². The number of carboxylic acid groups (broad SMARTS) is 1. The molecule has 1 aromatic rings. The fourth-order valence-corrected chi connectivity index (χ4v) is 3.92. The topological polar surface area (TPSA) is 104 Å². The van der Waals surface area contributed by atoms with Crippen LogP contribution in [0.15, 0.2) is 30.3 Å². The van der Waals surface area contributed by atoms with Crippen LogP contribution in [0.25, 0.3) is 0 Å². The van der Waals surface area contributed by atoms with Crippen molar-refractivity contribution in [2.75, 3.05) is 31.1 Å². The fourth-order valence-electron chi connectivity index (χ4n) is 2.75. The van der Waals surface area contributed by atoms with Crippen molar-refractivity contribution < 1.29 is 23.1 Å². The van der Waals surface area contributed by atoms with Gasteiger partial charge in [-0.25, -0.2) is 13.2 Å². The summed E-state index contributed by atoms with van der Waals surface area (Å²) in [6, 6.07) is 8.95. The summed E-state index contributed by atoms with van der Waals surface area (Å²) in [5, 5.41) is 11.7. The van der Waals surface area contributed by atoms with Gasteiger partial charge in [-0.15, -0.1) is 0 Å². The van der Waals surface area contributed by atoms with Gasteiger partial charge in [0, 0.05) is 19.6 Å². The van der Waals surface area contributed by atoms with Gasteiger partial charge in [-0.1, -0.05) is 30.3 Å². The van der Waals surface area contributed by atoms with E-state index in [2.05, 4.69) is 5.32 Å². The number of hydrogen-bond donors (Lipinski definition) is 2. The molecule has 0 bridgehead atoms. The molecule has 0 saturated carbocycles. The highest BCUT2D eigenvalue weighted by Gasteiger charge is 2.42. The summed E-state index contributed by atoms with van der Waals surface area (Å²) in [4.78, 5) is 24.7. The number of likely N-dealkylation sites (tertiary alicyclic amines) is 1. The number of nitrogens with one attached hydrogen (secondary N) is 1. The first-order valence-corrected chi connectivity index (χ1v) is 10.0. The molecule has 1 saturated heterocycles. The Bertz CT molecular complexity index is 720. The van der Waals surface area contributed by atoms with Crippen LogP contribution < -0.4 is 5.32 Å². The molecule has 1 unspecified atom stereocenters. The monoisotopic (exact) mass is 368 g/mol. The lowest BCUT2D eigenvalue weighted by Crippen LogP contribution is -2.42. The van der Waals surface area contributed by atoms with Crippen molar-refractivity contribution in [3.63, 3.8) is 0 Å². The van der Waals surface area contributed by atoms with Crippen LogP contribution in [0.1, 0.15) is 18.9 Å². The van der Waals surface area contributed by atoms with Crippen LogP contribution in [-0.2, 0) is 21.1 Å². The third-order valence-electron chi connectivity index (χ3n) is 4.51. The minimum absolute atomic E-state index is 0.0240. The summed E-state index contributed by atoms with van der Waals surface area (Å²) < 4.78 is 24.1. The summed E-state index contributed by atoms with van der Waals surface area (Å²) >= 11 is 0. The number of rotatable bonds is 7. The lowest BCUT2D eigenvalue weighted by Gasteiger charge is -2.20. The zero-order valence-corrected chi connectivity index (χ0v) is 15.1. The first-order chi connectivity index (χ1) is 11.7. The predicted molar refractivity (Wildman–Crippen MR) is 94.1 cm³/mol. The summed E-state index contributed by atoms with van der Waals surface area (Å²) in [6.45, 7) is 2.12. The van der Waals surface area contributed by atoms with Gasteiger partial charge in [-0.05, 0) is 25.3 Å². The second-order valence-electron chi connectivity index (χ2n) is 6.66. The number of benzene rings is 1. The van der Waals surface area contributed by atoms with Crippen LogP contribution in [0.5, 0.6) is 0 Å². The Morgan fingerprint density at radius 3 is 2.52 bits per heavy atom.